The lowest BCUT2D eigenvalue weighted by molar-refractivity contribution is -0.120. The third-order valence-corrected chi connectivity index (χ3v) is 5.26. The largest absolute Gasteiger partial charge is 0.350 e. The number of imide groups is 1. The number of carbonyl (C=O) groups is 2. The topological polar surface area (TPSA) is 49.4 Å². The summed E-state index contributed by atoms with van der Waals surface area (Å²) in [7, 11) is 0. The van der Waals surface area contributed by atoms with Crippen LogP contribution < -0.4 is 10.2 Å². The third kappa shape index (κ3) is 3.84. The van der Waals surface area contributed by atoms with E-state index in [-0.39, 0.29) is 11.3 Å². The van der Waals surface area contributed by atoms with E-state index in [9.17, 15) is 9.59 Å². The average Bonchev–Trinajstić information content (AvgIpc) is 2.92. The molecule has 0 atom stereocenters. The Bertz CT molecular complexity index is 1180. The van der Waals surface area contributed by atoms with Gasteiger partial charge in [-0.2, -0.15) is 0 Å². The van der Waals surface area contributed by atoms with Gasteiger partial charge in [0.15, 0.2) is 0 Å². The highest BCUT2D eigenvalue weighted by atomic mass is 35.5. The Labute approximate surface area is 184 Å². The summed E-state index contributed by atoms with van der Waals surface area (Å²) in [6, 6.07) is 19.4. The summed E-state index contributed by atoms with van der Waals surface area (Å²) in [6.45, 7) is 3.96. The van der Waals surface area contributed by atoms with Gasteiger partial charge in [-0.05, 0) is 73.0 Å². The number of hydrogen-bond acceptors (Lipinski definition) is 3. The molecule has 0 saturated carbocycles. The molecule has 2 amide bonds. The minimum Gasteiger partial charge on any atom is -0.350 e. The molecule has 1 aliphatic heterocycles. The van der Waals surface area contributed by atoms with Crippen molar-refractivity contribution in [2.45, 2.75) is 13.8 Å². The molecule has 1 N–H and O–H groups in total. The van der Waals surface area contributed by atoms with Gasteiger partial charge in [0.05, 0.1) is 11.3 Å². The van der Waals surface area contributed by atoms with Crippen LogP contribution >= 0.6 is 23.2 Å². The molecule has 30 heavy (non-hydrogen) atoms. The molecule has 4 rings (SSSR count). The van der Waals surface area contributed by atoms with Crippen LogP contribution in [0.3, 0.4) is 0 Å². The number of nitrogens with zero attached hydrogens (tertiary/aromatic N) is 1. The number of carbonyl (C=O) groups excluding carboxylic acids is 2. The standard InChI is InChI=1S/C24H18Cl2N2O2/c1-14-10-15(2)12-19(11-14)27-22-21(16-6-8-17(25)9-7-16)23(29)28(24(22)30)20-5-3-4-18(26)13-20/h3-13,27H,1-2H3. The lowest BCUT2D eigenvalue weighted by Crippen LogP contribution is -2.32. The minimum atomic E-state index is -0.439. The van der Waals surface area contributed by atoms with E-state index < -0.39 is 11.8 Å². The molecule has 0 saturated heterocycles. The number of rotatable bonds is 4. The van der Waals surface area contributed by atoms with E-state index in [1.807, 2.05) is 32.0 Å². The Morgan fingerprint density at radius 3 is 2.07 bits per heavy atom. The number of anilines is 2. The maximum atomic E-state index is 13.4. The molecule has 0 aromatic heterocycles. The van der Waals surface area contributed by atoms with Crippen molar-refractivity contribution < 1.29 is 9.59 Å². The fourth-order valence-electron chi connectivity index (χ4n) is 3.57. The van der Waals surface area contributed by atoms with Gasteiger partial charge >= 0.3 is 0 Å². The molecule has 0 bridgehead atoms. The second-order valence-corrected chi connectivity index (χ2v) is 8.06. The van der Waals surface area contributed by atoms with Crippen LogP contribution in [0.25, 0.3) is 5.57 Å². The van der Waals surface area contributed by atoms with Crippen LogP contribution in [0.5, 0.6) is 0 Å². The molecule has 3 aromatic rings. The molecule has 3 aromatic carbocycles. The molecular formula is C24H18Cl2N2O2. The van der Waals surface area contributed by atoms with Crippen molar-refractivity contribution in [3.8, 4) is 0 Å². The molecule has 1 aliphatic rings. The van der Waals surface area contributed by atoms with Gasteiger partial charge in [-0.1, -0.05) is 47.5 Å². The first-order valence-corrected chi connectivity index (χ1v) is 10.1. The van der Waals surface area contributed by atoms with Crippen LogP contribution in [0.1, 0.15) is 16.7 Å². The normalized spacial score (nSPS) is 13.9. The lowest BCUT2D eigenvalue weighted by atomic mass is 10.0. The van der Waals surface area contributed by atoms with Gasteiger partial charge in [0.2, 0.25) is 0 Å². The van der Waals surface area contributed by atoms with Gasteiger partial charge in [-0.3, -0.25) is 9.59 Å². The summed E-state index contributed by atoms with van der Waals surface area (Å²) in [5, 5.41) is 4.17. The maximum Gasteiger partial charge on any atom is 0.282 e. The van der Waals surface area contributed by atoms with E-state index in [1.54, 1.807) is 48.5 Å². The molecule has 6 heteroatoms. The predicted octanol–water partition coefficient (Wildman–Crippen LogP) is 6.01. The first kappa shape index (κ1) is 20.2. The zero-order chi connectivity index (χ0) is 21.4. The Morgan fingerprint density at radius 2 is 1.43 bits per heavy atom. The summed E-state index contributed by atoms with van der Waals surface area (Å²) < 4.78 is 0. The molecule has 0 aliphatic carbocycles. The summed E-state index contributed by atoms with van der Waals surface area (Å²) in [5.41, 5.74) is 4.37. The van der Waals surface area contributed by atoms with E-state index in [2.05, 4.69) is 5.32 Å². The average molecular weight is 437 g/mol. The van der Waals surface area contributed by atoms with Crippen molar-refractivity contribution in [2.24, 2.45) is 0 Å². The van der Waals surface area contributed by atoms with Crippen molar-refractivity contribution in [3.63, 3.8) is 0 Å². The van der Waals surface area contributed by atoms with Gasteiger partial charge in [0.1, 0.15) is 5.70 Å². The molecule has 0 fully saturated rings. The number of hydrogen-bond donors (Lipinski definition) is 1. The van der Waals surface area contributed by atoms with Gasteiger partial charge in [-0.25, -0.2) is 4.90 Å². The van der Waals surface area contributed by atoms with Crippen LogP contribution in [0, 0.1) is 13.8 Å². The first-order chi connectivity index (χ1) is 14.3. The highest BCUT2D eigenvalue weighted by molar-refractivity contribution is 6.46. The number of aryl methyl sites for hydroxylation is 2. The quantitative estimate of drug-likeness (QED) is 0.509. The van der Waals surface area contributed by atoms with E-state index in [0.717, 1.165) is 21.7 Å². The van der Waals surface area contributed by atoms with E-state index in [1.165, 1.54) is 0 Å². The highest BCUT2D eigenvalue weighted by Gasteiger charge is 2.40. The van der Waals surface area contributed by atoms with Crippen molar-refractivity contribution in [1.29, 1.82) is 0 Å². The second kappa shape index (κ2) is 7.98. The van der Waals surface area contributed by atoms with Gasteiger partial charge in [0.25, 0.3) is 11.8 Å². The number of amides is 2. The molecule has 4 nitrogen and oxygen atoms in total. The van der Waals surface area contributed by atoms with Crippen LogP contribution in [0.4, 0.5) is 11.4 Å². The van der Waals surface area contributed by atoms with Crippen LogP contribution in [-0.2, 0) is 9.59 Å². The molecule has 150 valence electrons. The zero-order valence-corrected chi connectivity index (χ0v) is 17.9. The number of halogens is 2. The highest BCUT2D eigenvalue weighted by Crippen LogP contribution is 2.35. The van der Waals surface area contributed by atoms with Crippen molar-refractivity contribution in [1.82, 2.24) is 0 Å². The summed E-state index contributed by atoms with van der Waals surface area (Å²) >= 11 is 12.1. The van der Waals surface area contributed by atoms with Gasteiger partial charge < -0.3 is 5.32 Å². The molecule has 0 radical (unpaired) electrons. The van der Waals surface area contributed by atoms with Crippen molar-refractivity contribution >= 4 is 52.0 Å². The molecular weight excluding hydrogens is 419 g/mol. The fraction of sp³-hybridized carbons (Fsp3) is 0.0833. The van der Waals surface area contributed by atoms with Gasteiger partial charge in [0, 0.05) is 15.7 Å². The van der Waals surface area contributed by atoms with Gasteiger partial charge in [-0.15, -0.1) is 0 Å². The Kier molecular flexibility index (Phi) is 5.37. The summed E-state index contributed by atoms with van der Waals surface area (Å²) in [6.07, 6.45) is 0. The fourth-order valence-corrected chi connectivity index (χ4v) is 3.88. The van der Waals surface area contributed by atoms with Crippen LogP contribution in [0.2, 0.25) is 10.0 Å². The summed E-state index contributed by atoms with van der Waals surface area (Å²) in [5.74, 6) is -0.858. The summed E-state index contributed by atoms with van der Waals surface area (Å²) in [4.78, 5) is 27.9. The van der Waals surface area contributed by atoms with E-state index >= 15 is 0 Å². The smallest absolute Gasteiger partial charge is 0.282 e. The maximum absolute atomic E-state index is 13.4. The molecule has 0 unspecified atom stereocenters. The predicted molar refractivity (Wildman–Crippen MR) is 122 cm³/mol. The van der Waals surface area contributed by atoms with Crippen molar-refractivity contribution in [3.05, 3.63) is 99.2 Å². The minimum absolute atomic E-state index is 0.215. The Balaban J connectivity index is 1.84. The second-order valence-electron chi connectivity index (χ2n) is 7.18. The van der Waals surface area contributed by atoms with Crippen molar-refractivity contribution in [2.75, 3.05) is 10.2 Å². The Hall–Kier alpha value is -3.08. The third-order valence-electron chi connectivity index (χ3n) is 4.77. The van der Waals surface area contributed by atoms with Crippen LogP contribution in [0.15, 0.2) is 72.4 Å². The number of benzene rings is 3. The lowest BCUT2D eigenvalue weighted by Gasteiger charge is -2.16. The molecule has 0 spiro atoms. The molecule has 1 heterocycles. The van der Waals surface area contributed by atoms with E-state index in [0.29, 0.717) is 21.3 Å². The monoisotopic (exact) mass is 436 g/mol. The van der Waals surface area contributed by atoms with E-state index in [4.69, 9.17) is 23.2 Å². The first-order valence-electron chi connectivity index (χ1n) is 9.33. The zero-order valence-electron chi connectivity index (χ0n) is 16.4. The SMILES string of the molecule is Cc1cc(C)cc(NC2=C(c3ccc(Cl)cc3)C(=O)N(c3cccc(Cl)c3)C2=O)c1. The number of nitrogens with one attached hydrogen (secondary N) is 1. The van der Waals surface area contributed by atoms with Crippen LogP contribution in [-0.4, -0.2) is 11.8 Å². The Morgan fingerprint density at radius 1 is 0.767 bits per heavy atom.